The number of aromatic amines is 1. The van der Waals surface area contributed by atoms with Crippen molar-refractivity contribution in [1.29, 1.82) is 0 Å². The highest BCUT2D eigenvalue weighted by Crippen LogP contribution is 2.32. The average Bonchev–Trinajstić information content (AvgIpc) is 3.21. The van der Waals surface area contributed by atoms with Crippen LogP contribution >= 0.6 is 0 Å². The molecule has 38 heavy (non-hydrogen) atoms. The fraction of sp³-hybridized carbons (Fsp3) is 0.214. The Hall–Kier alpha value is -4.18. The second-order valence-corrected chi connectivity index (χ2v) is 11.2. The summed E-state index contributed by atoms with van der Waals surface area (Å²) in [5.74, 6) is -0.126. The molecular weight excluding hydrogens is 507 g/mol. The lowest BCUT2D eigenvalue weighted by molar-refractivity contribution is 0.0731. The normalized spacial score (nSPS) is 13.5. The van der Waals surface area contributed by atoms with Gasteiger partial charge in [0.2, 0.25) is 0 Å². The van der Waals surface area contributed by atoms with Gasteiger partial charge in [0.15, 0.2) is 9.84 Å². The van der Waals surface area contributed by atoms with E-state index in [1.807, 2.05) is 42.5 Å². The molecule has 0 bridgehead atoms. The van der Waals surface area contributed by atoms with Crippen molar-refractivity contribution in [2.24, 2.45) is 0 Å². The van der Waals surface area contributed by atoms with Gasteiger partial charge in [0.05, 0.1) is 12.2 Å². The molecule has 1 aliphatic rings. The Kier molecular flexibility index (Phi) is 6.66. The van der Waals surface area contributed by atoms with Crippen LogP contribution in [0.25, 0.3) is 22.4 Å². The van der Waals surface area contributed by atoms with E-state index in [-0.39, 0.29) is 36.6 Å². The molecule has 5 rings (SSSR count). The van der Waals surface area contributed by atoms with Gasteiger partial charge in [-0.2, -0.15) is 5.10 Å². The van der Waals surface area contributed by atoms with Crippen LogP contribution in [0.4, 0.5) is 10.2 Å². The number of carbonyl (C=O) groups is 1. The number of ether oxygens (including phenoxy) is 1. The molecule has 0 fully saturated rings. The van der Waals surface area contributed by atoms with Gasteiger partial charge in [-0.25, -0.2) is 12.8 Å². The summed E-state index contributed by atoms with van der Waals surface area (Å²) >= 11 is 0. The fourth-order valence-electron chi connectivity index (χ4n) is 4.68. The number of hydrogen-bond donors (Lipinski definition) is 2. The first kappa shape index (κ1) is 25.5. The summed E-state index contributed by atoms with van der Waals surface area (Å²) in [4.78, 5) is 14.7. The van der Waals surface area contributed by atoms with Gasteiger partial charge in [0.1, 0.15) is 28.9 Å². The van der Waals surface area contributed by atoms with Crippen molar-refractivity contribution in [2.75, 3.05) is 25.1 Å². The SMILES string of the molecule is CCc1c(C(=O)N2CCOc3ccc(-c4ccc(-c5cc(N)n[nH]5)cc4)cc3C2)ccc(S(C)(=O)=O)c1F. The predicted octanol–water partition coefficient (Wildman–Crippen LogP) is 4.47. The molecule has 0 aliphatic carbocycles. The Labute approximate surface area is 220 Å². The van der Waals surface area contributed by atoms with Crippen LogP contribution in [0.3, 0.4) is 0 Å². The maximum absolute atomic E-state index is 15.1. The van der Waals surface area contributed by atoms with Crippen molar-refractivity contribution in [2.45, 2.75) is 24.8 Å². The first-order valence-electron chi connectivity index (χ1n) is 12.1. The zero-order valence-corrected chi connectivity index (χ0v) is 21.8. The van der Waals surface area contributed by atoms with Crippen molar-refractivity contribution >= 4 is 21.6 Å². The summed E-state index contributed by atoms with van der Waals surface area (Å²) in [6.45, 7) is 2.56. The maximum atomic E-state index is 15.1. The highest BCUT2D eigenvalue weighted by Gasteiger charge is 2.27. The molecule has 0 unspecified atom stereocenters. The van der Waals surface area contributed by atoms with E-state index in [1.54, 1.807) is 17.9 Å². The number of halogens is 1. The quantitative estimate of drug-likeness (QED) is 0.390. The second kappa shape index (κ2) is 9.94. The Morgan fingerprint density at radius 1 is 1.08 bits per heavy atom. The monoisotopic (exact) mass is 534 g/mol. The summed E-state index contributed by atoms with van der Waals surface area (Å²) in [7, 11) is -3.76. The molecule has 1 amide bonds. The second-order valence-electron chi connectivity index (χ2n) is 9.21. The van der Waals surface area contributed by atoms with E-state index in [9.17, 15) is 13.2 Å². The first-order chi connectivity index (χ1) is 18.2. The summed E-state index contributed by atoms with van der Waals surface area (Å²) in [5.41, 5.74) is 10.5. The number of H-pyrrole nitrogens is 1. The van der Waals surface area contributed by atoms with Gasteiger partial charge < -0.3 is 15.4 Å². The van der Waals surface area contributed by atoms with Crippen LogP contribution in [-0.4, -0.2) is 48.8 Å². The van der Waals surface area contributed by atoms with Crippen LogP contribution in [0.5, 0.6) is 5.75 Å². The molecule has 0 saturated carbocycles. The number of aromatic nitrogens is 2. The van der Waals surface area contributed by atoms with Crippen molar-refractivity contribution in [3.63, 3.8) is 0 Å². The van der Waals surface area contributed by atoms with E-state index in [0.717, 1.165) is 34.2 Å². The van der Waals surface area contributed by atoms with E-state index in [2.05, 4.69) is 10.2 Å². The Bertz CT molecular complexity index is 1630. The van der Waals surface area contributed by atoms with Crippen molar-refractivity contribution < 1.29 is 22.3 Å². The van der Waals surface area contributed by atoms with Crippen molar-refractivity contribution in [3.8, 4) is 28.1 Å². The third-order valence-electron chi connectivity index (χ3n) is 6.65. The van der Waals surface area contributed by atoms with Crippen LogP contribution in [0, 0.1) is 5.82 Å². The van der Waals surface area contributed by atoms with E-state index < -0.39 is 20.5 Å². The number of benzene rings is 3. The van der Waals surface area contributed by atoms with Crippen LogP contribution in [0.2, 0.25) is 0 Å². The number of rotatable bonds is 5. The number of fused-ring (bicyclic) bond motifs is 1. The van der Waals surface area contributed by atoms with Gasteiger partial charge >= 0.3 is 0 Å². The minimum absolute atomic E-state index is 0.0937. The molecule has 1 aliphatic heterocycles. The van der Waals surface area contributed by atoms with Gasteiger partial charge in [-0.15, -0.1) is 0 Å². The number of amides is 1. The average molecular weight is 535 g/mol. The third kappa shape index (κ3) is 4.87. The zero-order valence-electron chi connectivity index (χ0n) is 21.0. The third-order valence-corrected chi connectivity index (χ3v) is 7.76. The molecule has 1 aromatic heterocycles. The number of nitrogens with two attached hydrogens (primary N) is 1. The fourth-order valence-corrected chi connectivity index (χ4v) is 5.44. The lowest BCUT2D eigenvalue weighted by atomic mass is 9.99. The molecule has 2 heterocycles. The number of nitrogen functional groups attached to an aromatic ring is 1. The van der Waals surface area contributed by atoms with E-state index in [1.165, 1.54) is 12.1 Å². The molecule has 3 aromatic carbocycles. The minimum atomic E-state index is -3.76. The zero-order chi connectivity index (χ0) is 27.0. The smallest absolute Gasteiger partial charge is 0.254 e. The van der Waals surface area contributed by atoms with Gasteiger partial charge in [-0.05, 0) is 47.4 Å². The van der Waals surface area contributed by atoms with Crippen molar-refractivity contribution in [3.05, 3.63) is 83.2 Å². The molecule has 3 N–H and O–H groups in total. The van der Waals surface area contributed by atoms with Crippen LogP contribution in [0.15, 0.2) is 65.6 Å². The van der Waals surface area contributed by atoms with Gasteiger partial charge in [0, 0.05) is 35.6 Å². The maximum Gasteiger partial charge on any atom is 0.254 e. The van der Waals surface area contributed by atoms with Gasteiger partial charge in [0.25, 0.3) is 5.91 Å². The number of nitrogens with one attached hydrogen (secondary N) is 1. The van der Waals surface area contributed by atoms with Crippen LogP contribution < -0.4 is 10.5 Å². The molecule has 10 heteroatoms. The van der Waals surface area contributed by atoms with E-state index in [0.29, 0.717) is 18.1 Å². The first-order valence-corrected chi connectivity index (χ1v) is 14.0. The Morgan fingerprint density at radius 3 is 2.45 bits per heavy atom. The molecule has 0 saturated heterocycles. The summed E-state index contributed by atoms with van der Waals surface area (Å²) in [6.07, 6.45) is 1.14. The van der Waals surface area contributed by atoms with Crippen LogP contribution in [0.1, 0.15) is 28.4 Å². The largest absolute Gasteiger partial charge is 0.491 e. The molecule has 8 nitrogen and oxygen atoms in total. The lowest BCUT2D eigenvalue weighted by Gasteiger charge is -2.22. The molecule has 4 aromatic rings. The molecule has 0 radical (unpaired) electrons. The minimum Gasteiger partial charge on any atom is -0.491 e. The molecule has 0 atom stereocenters. The molecular formula is C28H27FN4O4S. The number of hydrogen-bond acceptors (Lipinski definition) is 6. The van der Waals surface area contributed by atoms with Crippen LogP contribution in [-0.2, 0) is 22.8 Å². The summed E-state index contributed by atoms with van der Waals surface area (Å²) in [6, 6.07) is 18.1. The molecule has 0 spiro atoms. The van der Waals surface area contributed by atoms with Crippen molar-refractivity contribution in [1.82, 2.24) is 15.1 Å². The Morgan fingerprint density at radius 2 is 1.79 bits per heavy atom. The van der Waals surface area contributed by atoms with Gasteiger partial charge in [-0.3, -0.25) is 9.89 Å². The highest BCUT2D eigenvalue weighted by molar-refractivity contribution is 7.90. The lowest BCUT2D eigenvalue weighted by Crippen LogP contribution is -2.33. The van der Waals surface area contributed by atoms with E-state index in [4.69, 9.17) is 10.5 Å². The van der Waals surface area contributed by atoms with E-state index >= 15 is 4.39 Å². The Balaban J connectivity index is 1.43. The topological polar surface area (TPSA) is 118 Å². The number of anilines is 1. The standard InChI is InChI=1S/C28H27FN4O4S/c1-3-21-22(9-11-25(27(21)29)38(2,35)36)28(34)33-12-13-37-24-10-8-19(14-20(24)16-33)17-4-6-18(7-5-17)23-15-26(30)32-31-23/h4-11,14-15H,3,12-13,16H2,1-2H3,(H3,30,31,32). The summed E-state index contributed by atoms with van der Waals surface area (Å²) < 4.78 is 44.9. The van der Waals surface area contributed by atoms with Gasteiger partial charge in [-0.1, -0.05) is 37.3 Å². The number of sulfone groups is 1. The number of nitrogens with zero attached hydrogens (tertiary/aromatic N) is 2. The predicted molar refractivity (Wildman–Crippen MR) is 143 cm³/mol. The number of carbonyl (C=O) groups excluding carboxylic acids is 1. The molecule has 196 valence electrons. The summed E-state index contributed by atoms with van der Waals surface area (Å²) in [5, 5.41) is 6.86. The highest BCUT2D eigenvalue weighted by atomic mass is 32.2.